The fraction of sp³-hybridized carbons (Fsp3) is 0.133. The van der Waals surface area contributed by atoms with E-state index in [2.05, 4.69) is 0 Å². The average Bonchev–Trinajstić information content (AvgIpc) is 2.46. The number of carbonyl (C=O) groups excluding carboxylic acids is 1. The van der Waals surface area contributed by atoms with Gasteiger partial charge in [0.25, 0.3) is 5.91 Å². The fourth-order valence-corrected chi connectivity index (χ4v) is 1.81. The highest BCUT2D eigenvalue weighted by atomic mass is 19.4. The molecule has 0 heterocycles. The van der Waals surface area contributed by atoms with Crippen molar-refractivity contribution in [1.82, 2.24) is 0 Å². The van der Waals surface area contributed by atoms with E-state index >= 15 is 0 Å². The lowest BCUT2D eigenvalue weighted by Gasteiger charge is -2.14. The van der Waals surface area contributed by atoms with Crippen LogP contribution in [0.1, 0.15) is 15.9 Å². The smallest absolute Gasteiger partial charge is 0.416 e. The second kappa shape index (κ2) is 5.97. The van der Waals surface area contributed by atoms with Gasteiger partial charge in [-0.15, -0.1) is 0 Å². The van der Waals surface area contributed by atoms with Crippen molar-refractivity contribution in [3.63, 3.8) is 0 Å². The fourth-order valence-electron chi connectivity index (χ4n) is 1.81. The van der Waals surface area contributed by atoms with Crippen LogP contribution in [0.25, 0.3) is 0 Å². The Hall–Kier alpha value is -2.70. The molecule has 0 saturated carbocycles. The number of alkyl halides is 3. The van der Waals surface area contributed by atoms with E-state index in [-0.39, 0.29) is 17.1 Å². The lowest BCUT2D eigenvalue weighted by molar-refractivity contribution is -0.137. The Morgan fingerprint density at radius 2 is 1.68 bits per heavy atom. The van der Waals surface area contributed by atoms with Crippen LogP contribution < -0.4 is 15.2 Å². The molecule has 4 nitrogen and oxygen atoms in total. The van der Waals surface area contributed by atoms with Crippen molar-refractivity contribution in [2.75, 3.05) is 7.11 Å². The molecule has 116 valence electrons. The number of hydrogen-bond acceptors (Lipinski definition) is 3. The minimum absolute atomic E-state index is 0.0787. The van der Waals surface area contributed by atoms with Gasteiger partial charge in [0.2, 0.25) is 0 Å². The number of methoxy groups -OCH3 is 1. The molecule has 0 bridgehead atoms. The second-order valence-electron chi connectivity index (χ2n) is 4.33. The standard InChI is InChI=1S/C15H12F3NO3/c1-21-12-4-2-3-5-13(12)22-11-7-6-9(15(16,17)18)8-10(11)14(19)20/h2-8H,1H3,(H2,19,20). The second-order valence-corrected chi connectivity index (χ2v) is 4.33. The van der Waals surface area contributed by atoms with Gasteiger partial charge in [0, 0.05) is 0 Å². The van der Waals surface area contributed by atoms with Crippen molar-refractivity contribution >= 4 is 5.91 Å². The number of benzene rings is 2. The molecule has 0 aliphatic rings. The summed E-state index contributed by atoms with van der Waals surface area (Å²) in [4.78, 5) is 11.4. The van der Waals surface area contributed by atoms with Gasteiger partial charge in [-0.3, -0.25) is 4.79 Å². The minimum atomic E-state index is -4.58. The SMILES string of the molecule is COc1ccccc1Oc1ccc(C(F)(F)F)cc1C(N)=O. The van der Waals surface area contributed by atoms with E-state index in [9.17, 15) is 18.0 Å². The zero-order valence-electron chi connectivity index (χ0n) is 11.5. The number of nitrogens with two attached hydrogens (primary N) is 1. The molecule has 0 radical (unpaired) electrons. The van der Waals surface area contributed by atoms with Gasteiger partial charge in [-0.1, -0.05) is 12.1 Å². The Bertz CT molecular complexity index is 699. The van der Waals surface area contributed by atoms with E-state index in [4.69, 9.17) is 15.2 Å². The Kier molecular flexibility index (Phi) is 4.25. The Balaban J connectivity index is 2.45. The summed E-state index contributed by atoms with van der Waals surface area (Å²) < 4.78 is 48.6. The summed E-state index contributed by atoms with van der Waals surface area (Å²) >= 11 is 0. The maximum absolute atomic E-state index is 12.7. The highest BCUT2D eigenvalue weighted by molar-refractivity contribution is 5.96. The van der Waals surface area contributed by atoms with Crippen LogP contribution in [-0.2, 0) is 6.18 Å². The molecule has 0 aliphatic heterocycles. The molecule has 0 aliphatic carbocycles. The number of carbonyl (C=O) groups is 1. The minimum Gasteiger partial charge on any atom is -0.493 e. The molecule has 0 spiro atoms. The molecule has 22 heavy (non-hydrogen) atoms. The molecule has 0 saturated heterocycles. The number of para-hydroxylation sites is 2. The van der Waals surface area contributed by atoms with Crippen molar-refractivity contribution < 1.29 is 27.4 Å². The molecule has 2 aromatic carbocycles. The number of hydrogen-bond donors (Lipinski definition) is 1. The first-order chi connectivity index (χ1) is 10.3. The summed E-state index contributed by atoms with van der Waals surface area (Å²) in [6.45, 7) is 0. The number of amides is 1. The van der Waals surface area contributed by atoms with Crippen molar-refractivity contribution in [3.8, 4) is 17.2 Å². The van der Waals surface area contributed by atoms with Crippen LogP contribution in [0.4, 0.5) is 13.2 Å². The van der Waals surface area contributed by atoms with Crippen molar-refractivity contribution in [2.24, 2.45) is 5.73 Å². The van der Waals surface area contributed by atoms with Crippen LogP contribution in [0, 0.1) is 0 Å². The Morgan fingerprint density at radius 1 is 1.05 bits per heavy atom. The molecule has 0 aromatic heterocycles. The van der Waals surface area contributed by atoms with Crippen LogP contribution in [0.5, 0.6) is 17.2 Å². The first-order valence-electron chi connectivity index (χ1n) is 6.15. The van der Waals surface area contributed by atoms with Crippen LogP contribution >= 0.6 is 0 Å². The predicted octanol–water partition coefficient (Wildman–Crippen LogP) is 3.61. The lowest BCUT2D eigenvalue weighted by atomic mass is 10.1. The summed E-state index contributed by atoms with van der Waals surface area (Å²) in [6.07, 6.45) is -4.58. The normalized spacial score (nSPS) is 11.1. The van der Waals surface area contributed by atoms with Gasteiger partial charge in [0.1, 0.15) is 5.75 Å². The van der Waals surface area contributed by atoms with Gasteiger partial charge in [0.15, 0.2) is 11.5 Å². The first-order valence-corrected chi connectivity index (χ1v) is 6.15. The highest BCUT2D eigenvalue weighted by Crippen LogP contribution is 2.36. The van der Waals surface area contributed by atoms with E-state index in [1.165, 1.54) is 7.11 Å². The molecule has 2 rings (SSSR count). The molecule has 7 heteroatoms. The van der Waals surface area contributed by atoms with E-state index in [0.29, 0.717) is 11.8 Å². The molecular formula is C15H12F3NO3. The maximum Gasteiger partial charge on any atom is 0.416 e. The van der Waals surface area contributed by atoms with Gasteiger partial charge in [0.05, 0.1) is 18.2 Å². The molecule has 2 N–H and O–H groups in total. The third-order valence-corrected chi connectivity index (χ3v) is 2.86. The summed E-state index contributed by atoms with van der Waals surface area (Å²) in [5.74, 6) is -0.467. The number of primary amides is 1. The van der Waals surface area contributed by atoms with Crippen molar-refractivity contribution in [3.05, 3.63) is 53.6 Å². The highest BCUT2D eigenvalue weighted by Gasteiger charge is 2.32. The first kappa shape index (κ1) is 15.7. The van der Waals surface area contributed by atoms with Gasteiger partial charge in [-0.25, -0.2) is 0 Å². The molecule has 0 fully saturated rings. The maximum atomic E-state index is 12.7. The predicted molar refractivity (Wildman–Crippen MR) is 73.0 cm³/mol. The Morgan fingerprint density at radius 3 is 2.23 bits per heavy atom. The third-order valence-electron chi connectivity index (χ3n) is 2.86. The summed E-state index contributed by atoms with van der Waals surface area (Å²) in [7, 11) is 1.42. The van der Waals surface area contributed by atoms with Crippen LogP contribution in [0.3, 0.4) is 0 Å². The summed E-state index contributed by atoms with van der Waals surface area (Å²) in [5.41, 5.74) is 3.79. The van der Waals surface area contributed by atoms with Crippen LogP contribution in [-0.4, -0.2) is 13.0 Å². The molecule has 1 amide bonds. The number of ether oxygens (including phenoxy) is 2. The topological polar surface area (TPSA) is 61.6 Å². The third kappa shape index (κ3) is 3.30. The lowest BCUT2D eigenvalue weighted by Crippen LogP contribution is -2.14. The van der Waals surface area contributed by atoms with E-state index in [1.807, 2.05) is 0 Å². The molecule has 0 unspecified atom stereocenters. The number of halogens is 3. The summed E-state index contributed by atoms with van der Waals surface area (Å²) in [5, 5.41) is 0. The average molecular weight is 311 g/mol. The summed E-state index contributed by atoms with van der Waals surface area (Å²) in [6, 6.07) is 9.06. The van der Waals surface area contributed by atoms with Crippen molar-refractivity contribution in [2.45, 2.75) is 6.18 Å². The molecule has 2 aromatic rings. The largest absolute Gasteiger partial charge is 0.493 e. The van der Waals surface area contributed by atoms with Crippen LogP contribution in [0.15, 0.2) is 42.5 Å². The van der Waals surface area contributed by atoms with E-state index < -0.39 is 17.6 Å². The van der Waals surface area contributed by atoms with Gasteiger partial charge in [-0.2, -0.15) is 13.2 Å². The molecule has 0 atom stereocenters. The van der Waals surface area contributed by atoms with E-state index in [1.54, 1.807) is 24.3 Å². The number of rotatable bonds is 4. The van der Waals surface area contributed by atoms with Crippen molar-refractivity contribution in [1.29, 1.82) is 0 Å². The van der Waals surface area contributed by atoms with Crippen LogP contribution in [0.2, 0.25) is 0 Å². The quantitative estimate of drug-likeness (QED) is 0.938. The molecular weight excluding hydrogens is 299 g/mol. The van der Waals surface area contributed by atoms with Gasteiger partial charge < -0.3 is 15.2 Å². The zero-order valence-corrected chi connectivity index (χ0v) is 11.5. The van der Waals surface area contributed by atoms with E-state index in [0.717, 1.165) is 12.1 Å². The van der Waals surface area contributed by atoms with Gasteiger partial charge >= 0.3 is 6.18 Å². The monoisotopic (exact) mass is 311 g/mol. The van der Waals surface area contributed by atoms with Gasteiger partial charge in [-0.05, 0) is 30.3 Å². The zero-order chi connectivity index (χ0) is 16.3. The Labute approximate surface area is 124 Å².